The molecule has 0 spiro atoms. The van der Waals surface area contributed by atoms with Crippen molar-refractivity contribution in [3.05, 3.63) is 41.7 Å². The third-order valence-electron chi connectivity index (χ3n) is 3.42. The van der Waals surface area contributed by atoms with Crippen molar-refractivity contribution in [1.82, 2.24) is 25.0 Å². The summed E-state index contributed by atoms with van der Waals surface area (Å²) < 4.78 is 20.4. The molecule has 7 nitrogen and oxygen atoms in total. The van der Waals surface area contributed by atoms with Gasteiger partial charge in [0.2, 0.25) is 0 Å². The van der Waals surface area contributed by atoms with Crippen LogP contribution in [-0.4, -0.2) is 46.8 Å². The lowest BCUT2D eigenvalue weighted by atomic mass is 10.2. The highest BCUT2D eigenvalue weighted by Gasteiger charge is 2.10. The van der Waals surface area contributed by atoms with E-state index in [0.717, 1.165) is 11.4 Å². The Morgan fingerprint density at radius 2 is 2.26 bits per heavy atom. The summed E-state index contributed by atoms with van der Waals surface area (Å²) in [5.74, 6) is 1.35. The summed E-state index contributed by atoms with van der Waals surface area (Å²) in [7, 11) is 6.86. The normalized spacial score (nSPS) is 11.4. The summed E-state index contributed by atoms with van der Waals surface area (Å²) >= 11 is 0. The van der Waals surface area contributed by atoms with E-state index in [1.807, 2.05) is 25.1 Å². The van der Waals surface area contributed by atoms with Crippen molar-refractivity contribution in [2.75, 3.05) is 21.2 Å². The van der Waals surface area contributed by atoms with Crippen molar-refractivity contribution in [1.29, 1.82) is 0 Å². The van der Waals surface area contributed by atoms with E-state index in [1.54, 1.807) is 17.8 Å². The largest absolute Gasteiger partial charge is 0.494 e. The van der Waals surface area contributed by atoms with Gasteiger partial charge in [-0.2, -0.15) is 5.10 Å². The lowest BCUT2D eigenvalue weighted by Crippen LogP contribution is -2.38. The SMILES string of the molecule is CN=C(NCc1ncnn1C)N(C)Cc1ccc(OC)c(F)c1. The second kappa shape index (κ2) is 7.57. The highest BCUT2D eigenvalue weighted by molar-refractivity contribution is 5.79. The molecule has 1 N–H and O–H groups in total. The molecule has 0 aliphatic heterocycles. The number of nitrogens with zero attached hydrogens (tertiary/aromatic N) is 5. The number of hydrogen-bond donors (Lipinski definition) is 1. The molecule has 2 rings (SSSR count). The third-order valence-corrected chi connectivity index (χ3v) is 3.42. The molecule has 0 saturated carbocycles. The van der Waals surface area contributed by atoms with Crippen LogP contribution in [0.15, 0.2) is 29.5 Å². The maximum absolute atomic E-state index is 13.8. The van der Waals surface area contributed by atoms with Crippen LogP contribution in [-0.2, 0) is 20.1 Å². The van der Waals surface area contributed by atoms with Crippen LogP contribution >= 0.6 is 0 Å². The molecule has 124 valence electrons. The summed E-state index contributed by atoms with van der Waals surface area (Å²) in [5.41, 5.74) is 0.826. The Balaban J connectivity index is 1.98. The Morgan fingerprint density at radius 1 is 1.48 bits per heavy atom. The van der Waals surface area contributed by atoms with Crippen molar-refractivity contribution < 1.29 is 9.13 Å². The van der Waals surface area contributed by atoms with E-state index in [2.05, 4.69) is 20.4 Å². The molecule has 0 atom stereocenters. The van der Waals surface area contributed by atoms with E-state index in [-0.39, 0.29) is 11.6 Å². The van der Waals surface area contributed by atoms with Crippen molar-refractivity contribution in [2.24, 2.45) is 12.0 Å². The predicted molar refractivity (Wildman–Crippen MR) is 85.6 cm³/mol. The first-order chi connectivity index (χ1) is 11.0. The molecule has 1 heterocycles. The average molecular weight is 320 g/mol. The first-order valence-electron chi connectivity index (χ1n) is 7.12. The molecule has 0 aliphatic carbocycles. The Kier molecular flexibility index (Phi) is 5.51. The zero-order chi connectivity index (χ0) is 16.8. The second-order valence-electron chi connectivity index (χ2n) is 5.03. The van der Waals surface area contributed by atoms with Gasteiger partial charge in [0, 0.05) is 27.7 Å². The Bertz CT molecular complexity index is 684. The first-order valence-corrected chi connectivity index (χ1v) is 7.12. The highest BCUT2D eigenvalue weighted by atomic mass is 19.1. The standard InChI is InChI=1S/C15H21FN6O/c1-17-15(18-8-14-19-10-20-22(14)3)21(2)9-11-5-6-13(23-4)12(16)7-11/h5-7,10H,8-9H2,1-4H3,(H,17,18). The van der Waals surface area contributed by atoms with Crippen LogP contribution in [0, 0.1) is 5.82 Å². The molecule has 0 fully saturated rings. The van der Waals surface area contributed by atoms with Crippen molar-refractivity contribution >= 4 is 5.96 Å². The lowest BCUT2D eigenvalue weighted by molar-refractivity contribution is 0.385. The number of rotatable bonds is 5. The second-order valence-corrected chi connectivity index (χ2v) is 5.03. The first kappa shape index (κ1) is 16.7. The average Bonchev–Trinajstić information content (AvgIpc) is 2.93. The Labute approximate surface area is 134 Å². The summed E-state index contributed by atoms with van der Waals surface area (Å²) in [6.45, 7) is 1.02. The number of ether oxygens (including phenoxy) is 1. The predicted octanol–water partition coefficient (Wildman–Crippen LogP) is 1.17. The van der Waals surface area contributed by atoms with E-state index in [4.69, 9.17) is 4.74 Å². The Morgan fingerprint density at radius 3 is 2.83 bits per heavy atom. The molecule has 0 unspecified atom stereocenters. The van der Waals surface area contributed by atoms with E-state index in [9.17, 15) is 4.39 Å². The quantitative estimate of drug-likeness (QED) is 0.662. The summed E-state index contributed by atoms with van der Waals surface area (Å²) in [6, 6.07) is 4.91. The number of aromatic nitrogens is 3. The maximum atomic E-state index is 13.8. The molecule has 23 heavy (non-hydrogen) atoms. The van der Waals surface area contributed by atoms with Crippen molar-refractivity contribution in [3.63, 3.8) is 0 Å². The zero-order valence-electron chi connectivity index (χ0n) is 13.7. The Hall–Kier alpha value is -2.64. The lowest BCUT2D eigenvalue weighted by Gasteiger charge is -2.22. The molecule has 0 aliphatic rings. The van der Waals surface area contributed by atoms with E-state index < -0.39 is 0 Å². The van der Waals surface area contributed by atoms with E-state index in [0.29, 0.717) is 19.0 Å². The molecular weight excluding hydrogens is 299 g/mol. The third kappa shape index (κ3) is 4.18. The van der Waals surface area contributed by atoms with Crippen LogP contribution in [0.2, 0.25) is 0 Å². The van der Waals surface area contributed by atoms with Crippen molar-refractivity contribution in [2.45, 2.75) is 13.1 Å². The molecule has 0 radical (unpaired) electrons. The minimum atomic E-state index is -0.375. The summed E-state index contributed by atoms with van der Waals surface area (Å²) in [5, 5.41) is 7.22. The number of hydrogen-bond acceptors (Lipinski definition) is 4. The van der Waals surface area contributed by atoms with Gasteiger partial charge in [0.05, 0.1) is 13.7 Å². The van der Waals surface area contributed by atoms with Gasteiger partial charge in [-0.15, -0.1) is 0 Å². The summed E-state index contributed by atoms with van der Waals surface area (Å²) in [6.07, 6.45) is 1.50. The van der Waals surface area contributed by atoms with Crippen LogP contribution in [0.5, 0.6) is 5.75 Å². The zero-order valence-corrected chi connectivity index (χ0v) is 13.7. The van der Waals surface area contributed by atoms with E-state index >= 15 is 0 Å². The number of nitrogens with one attached hydrogen (secondary N) is 1. The van der Waals surface area contributed by atoms with Crippen LogP contribution in [0.3, 0.4) is 0 Å². The smallest absolute Gasteiger partial charge is 0.194 e. The van der Waals surface area contributed by atoms with Gasteiger partial charge in [-0.25, -0.2) is 9.37 Å². The molecule has 1 aromatic carbocycles. The van der Waals surface area contributed by atoms with Crippen LogP contribution in [0.1, 0.15) is 11.4 Å². The van der Waals surface area contributed by atoms with Crippen LogP contribution in [0.25, 0.3) is 0 Å². The highest BCUT2D eigenvalue weighted by Crippen LogP contribution is 2.18. The van der Waals surface area contributed by atoms with Gasteiger partial charge in [-0.3, -0.25) is 9.67 Å². The minimum absolute atomic E-state index is 0.237. The number of aliphatic imine (C=N–C) groups is 1. The fourth-order valence-corrected chi connectivity index (χ4v) is 2.18. The molecule has 1 aromatic heterocycles. The molecule has 8 heteroatoms. The number of benzene rings is 1. The monoisotopic (exact) mass is 320 g/mol. The number of methoxy groups -OCH3 is 1. The van der Waals surface area contributed by atoms with Crippen LogP contribution in [0.4, 0.5) is 4.39 Å². The topological polar surface area (TPSA) is 67.6 Å². The maximum Gasteiger partial charge on any atom is 0.194 e. The van der Waals surface area contributed by atoms with Crippen LogP contribution < -0.4 is 10.1 Å². The molecule has 0 saturated heterocycles. The molecule has 2 aromatic rings. The van der Waals surface area contributed by atoms with Gasteiger partial charge in [0.25, 0.3) is 0 Å². The summed E-state index contributed by atoms with van der Waals surface area (Å²) in [4.78, 5) is 10.3. The van der Waals surface area contributed by atoms with Crippen molar-refractivity contribution in [3.8, 4) is 5.75 Å². The van der Waals surface area contributed by atoms with Gasteiger partial charge < -0.3 is 15.0 Å². The minimum Gasteiger partial charge on any atom is -0.494 e. The van der Waals surface area contributed by atoms with Gasteiger partial charge >= 0.3 is 0 Å². The van der Waals surface area contributed by atoms with Gasteiger partial charge in [-0.05, 0) is 17.7 Å². The molecule has 0 bridgehead atoms. The fraction of sp³-hybridized carbons (Fsp3) is 0.400. The fourth-order valence-electron chi connectivity index (χ4n) is 2.18. The number of halogens is 1. The van der Waals surface area contributed by atoms with Gasteiger partial charge in [0.15, 0.2) is 17.5 Å². The van der Waals surface area contributed by atoms with Gasteiger partial charge in [0.1, 0.15) is 12.2 Å². The number of aryl methyl sites for hydroxylation is 1. The van der Waals surface area contributed by atoms with Gasteiger partial charge in [-0.1, -0.05) is 6.07 Å². The van der Waals surface area contributed by atoms with E-state index in [1.165, 1.54) is 19.5 Å². The molecule has 0 amide bonds. The number of guanidine groups is 1. The molecular formula is C15H21FN6O.